The highest BCUT2D eigenvalue weighted by Gasteiger charge is 2.50. The number of ether oxygens (including phenoxy) is 4. The van der Waals surface area contributed by atoms with Crippen molar-refractivity contribution in [1.29, 1.82) is 0 Å². The van der Waals surface area contributed by atoms with Crippen molar-refractivity contribution in [2.45, 2.75) is 119 Å². The lowest BCUT2D eigenvalue weighted by atomic mass is 9.83. The third-order valence-corrected chi connectivity index (χ3v) is 8.70. The van der Waals surface area contributed by atoms with Gasteiger partial charge in [-0.3, -0.25) is 4.79 Å². The summed E-state index contributed by atoms with van der Waals surface area (Å²) in [6, 6.07) is -1.07. The number of carboxylic acids is 1. The molecular weight excluding hydrogens is 630 g/mol. The minimum absolute atomic E-state index is 0.00269. The second kappa shape index (κ2) is 18.9. The van der Waals surface area contributed by atoms with E-state index in [9.17, 15) is 45.3 Å². The van der Waals surface area contributed by atoms with E-state index in [4.69, 9.17) is 24.7 Å². The highest BCUT2D eigenvalue weighted by Crippen LogP contribution is 2.38. The summed E-state index contributed by atoms with van der Waals surface area (Å²) in [5, 5.41) is 73.9. The van der Waals surface area contributed by atoms with E-state index < -0.39 is 97.6 Å². The largest absolute Gasteiger partial charge is 0.481 e. The maximum absolute atomic E-state index is 12.3. The Morgan fingerprint density at radius 3 is 2.31 bits per heavy atom. The molecule has 0 spiro atoms. The van der Waals surface area contributed by atoms with Crippen molar-refractivity contribution in [3.05, 3.63) is 60.8 Å². The van der Waals surface area contributed by atoms with Crippen molar-refractivity contribution in [2.75, 3.05) is 6.61 Å². The average Bonchev–Trinajstić information content (AvgIpc) is 2.99. The quantitative estimate of drug-likeness (QED) is 0.187. The number of nitrogens with two attached hydrogens (primary N) is 1. The molecule has 3 rings (SSSR count). The van der Waals surface area contributed by atoms with Gasteiger partial charge in [0.1, 0.15) is 18.1 Å². The molecule has 3 heterocycles. The molecule has 3 aliphatic rings. The standard InChI is InChI=1S/C34H51NO13/c1-3-21-11-8-6-4-5-7-9-13-24(47-33-31(41)30(35)26(39)19-45-33)16-27-29(32(42)43)25(38)18-34(44,48-27)17-23(37)15-22(36)12-10-14-28(40)46-20(21)2/h4-11,13-14,20-27,29-31,33,36-39,41,44H,3,12,15-19,35H2,1-2H3,(H,42,43)/b6-4+,7-5+,11-8+,13-9+,14-10+/t20-,21+,22?,23?,24+,25+,26-,27+,29-,30+,31+,33?,34?/m1/s1. The maximum Gasteiger partial charge on any atom is 0.330 e. The monoisotopic (exact) mass is 681 g/mol. The smallest absolute Gasteiger partial charge is 0.330 e. The van der Waals surface area contributed by atoms with Gasteiger partial charge in [-0.15, -0.1) is 0 Å². The van der Waals surface area contributed by atoms with Gasteiger partial charge in [0.2, 0.25) is 0 Å². The molecule has 9 N–H and O–H groups in total. The molecule has 14 heteroatoms. The van der Waals surface area contributed by atoms with Gasteiger partial charge in [-0.2, -0.15) is 0 Å². The van der Waals surface area contributed by atoms with Crippen molar-refractivity contribution >= 4 is 11.9 Å². The molecule has 13 atom stereocenters. The van der Waals surface area contributed by atoms with Gasteiger partial charge in [0, 0.05) is 31.3 Å². The molecule has 0 saturated carbocycles. The van der Waals surface area contributed by atoms with Gasteiger partial charge >= 0.3 is 11.9 Å². The van der Waals surface area contributed by atoms with Crippen LogP contribution in [0.4, 0.5) is 0 Å². The van der Waals surface area contributed by atoms with E-state index in [-0.39, 0.29) is 31.8 Å². The van der Waals surface area contributed by atoms with Gasteiger partial charge in [0.15, 0.2) is 12.1 Å². The SMILES string of the molecule is CC[C@H]1/C=C/C=C/C=C/C=C/[C@H](OC2OC[C@@H](O)[C@H](N)[C@@H]2O)C[C@@H]2OC(O)(CC(O)CC(O)C/C=C/C(=O)O[C@@H]1C)C[C@H](O)[C@H]2C(=O)O. The third kappa shape index (κ3) is 12.0. The molecule has 0 aromatic heterocycles. The zero-order valence-electron chi connectivity index (χ0n) is 27.3. The Hall–Kier alpha value is -2.76. The Bertz CT molecular complexity index is 1190. The molecule has 14 nitrogen and oxygen atoms in total. The number of esters is 1. The first-order valence-electron chi connectivity index (χ1n) is 16.3. The molecule has 0 aliphatic carbocycles. The van der Waals surface area contributed by atoms with Crippen molar-refractivity contribution in [3.63, 3.8) is 0 Å². The molecule has 3 aliphatic heterocycles. The molecule has 2 fully saturated rings. The van der Waals surface area contributed by atoms with Crippen LogP contribution in [0.1, 0.15) is 52.4 Å². The van der Waals surface area contributed by atoms with Gasteiger partial charge in [-0.1, -0.05) is 61.6 Å². The predicted molar refractivity (Wildman–Crippen MR) is 172 cm³/mol. The molecule has 4 unspecified atom stereocenters. The zero-order valence-corrected chi connectivity index (χ0v) is 27.3. The lowest BCUT2D eigenvalue weighted by Crippen LogP contribution is -2.59. The molecule has 0 aromatic carbocycles. The number of aliphatic carboxylic acids is 1. The van der Waals surface area contributed by atoms with Gasteiger partial charge in [0.05, 0.1) is 49.3 Å². The topological polar surface area (TPSA) is 239 Å². The summed E-state index contributed by atoms with van der Waals surface area (Å²) in [7, 11) is 0. The third-order valence-electron chi connectivity index (χ3n) is 8.70. The van der Waals surface area contributed by atoms with Gasteiger partial charge in [-0.25, -0.2) is 4.79 Å². The number of rotatable bonds is 4. The Balaban J connectivity index is 1.91. The fraction of sp³-hybridized carbons (Fsp3) is 0.647. The molecule has 0 amide bonds. The number of aliphatic hydroxyl groups is 6. The van der Waals surface area contributed by atoms with Gasteiger partial charge in [-0.05, 0) is 26.2 Å². The fourth-order valence-corrected chi connectivity index (χ4v) is 6.04. The summed E-state index contributed by atoms with van der Waals surface area (Å²) in [4.78, 5) is 24.6. The number of aliphatic hydroxyl groups excluding tert-OH is 5. The van der Waals surface area contributed by atoms with E-state index in [1.807, 2.05) is 19.1 Å². The van der Waals surface area contributed by atoms with E-state index >= 15 is 0 Å². The van der Waals surface area contributed by atoms with E-state index in [2.05, 4.69) is 0 Å². The van der Waals surface area contributed by atoms with Crippen molar-refractivity contribution < 1.29 is 64.3 Å². The van der Waals surface area contributed by atoms with Crippen molar-refractivity contribution in [3.8, 4) is 0 Å². The summed E-state index contributed by atoms with van der Waals surface area (Å²) in [5.41, 5.74) is 5.89. The van der Waals surface area contributed by atoms with Gasteiger partial charge < -0.3 is 60.4 Å². The predicted octanol–water partition coefficient (Wildman–Crippen LogP) is 0.351. The second-order valence-corrected chi connectivity index (χ2v) is 12.6. The molecule has 48 heavy (non-hydrogen) atoms. The normalized spacial score (nSPS) is 44.3. The lowest BCUT2D eigenvalue weighted by Gasteiger charge is -2.45. The minimum atomic E-state index is -2.17. The molecule has 270 valence electrons. The highest BCUT2D eigenvalue weighted by atomic mass is 16.7. The summed E-state index contributed by atoms with van der Waals surface area (Å²) >= 11 is 0. The van der Waals surface area contributed by atoms with Crippen LogP contribution in [-0.4, -0.2) is 121 Å². The van der Waals surface area contributed by atoms with Crippen LogP contribution in [-0.2, 0) is 28.5 Å². The summed E-state index contributed by atoms with van der Waals surface area (Å²) in [6.07, 6.45) is 5.15. The number of fused-ring (bicyclic) bond motifs is 2. The van der Waals surface area contributed by atoms with Crippen molar-refractivity contribution in [1.82, 2.24) is 0 Å². The Morgan fingerprint density at radius 2 is 1.65 bits per heavy atom. The van der Waals surface area contributed by atoms with Crippen LogP contribution in [0, 0.1) is 11.8 Å². The molecule has 2 bridgehead atoms. The second-order valence-electron chi connectivity index (χ2n) is 12.6. The first kappa shape index (κ1) is 39.7. The first-order chi connectivity index (χ1) is 22.7. The minimum Gasteiger partial charge on any atom is -0.481 e. The number of hydrogen-bond acceptors (Lipinski definition) is 13. The van der Waals surface area contributed by atoms with Crippen LogP contribution < -0.4 is 5.73 Å². The Labute approximate surface area is 280 Å². The lowest BCUT2D eigenvalue weighted by molar-refractivity contribution is -0.305. The van der Waals surface area contributed by atoms with Crippen LogP contribution in [0.3, 0.4) is 0 Å². The number of hydrogen-bond donors (Lipinski definition) is 8. The number of carbonyl (C=O) groups excluding carboxylic acids is 1. The number of allylic oxidation sites excluding steroid dienone is 6. The molecular formula is C34H51NO13. The van der Waals surface area contributed by atoms with E-state index in [1.54, 1.807) is 43.4 Å². The first-order valence-corrected chi connectivity index (χ1v) is 16.3. The van der Waals surface area contributed by atoms with E-state index in [0.717, 1.165) is 6.42 Å². The summed E-state index contributed by atoms with van der Waals surface area (Å²) in [6.45, 7) is 3.55. The number of carboxylic acid groups (broad SMARTS) is 1. The van der Waals surface area contributed by atoms with Gasteiger partial charge in [0.25, 0.3) is 0 Å². The Kier molecular flexibility index (Phi) is 15.6. The average molecular weight is 682 g/mol. The Morgan fingerprint density at radius 1 is 0.979 bits per heavy atom. The van der Waals surface area contributed by atoms with Crippen LogP contribution >= 0.6 is 0 Å². The summed E-state index contributed by atoms with van der Waals surface area (Å²) in [5.74, 6) is -5.67. The summed E-state index contributed by atoms with van der Waals surface area (Å²) < 4.78 is 22.8. The zero-order chi connectivity index (χ0) is 35.4. The molecule has 0 radical (unpaired) electrons. The van der Waals surface area contributed by atoms with E-state index in [1.165, 1.54) is 12.2 Å². The van der Waals surface area contributed by atoms with Crippen molar-refractivity contribution in [2.24, 2.45) is 17.6 Å². The van der Waals surface area contributed by atoms with Crippen LogP contribution in [0.5, 0.6) is 0 Å². The van der Waals surface area contributed by atoms with Crippen LogP contribution in [0.25, 0.3) is 0 Å². The van der Waals surface area contributed by atoms with E-state index in [0.29, 0.717) is 0 Å². The van der Waals surface area contributed by atoms with Crippen LogP contribution in [0.2, 0.25) is 0 Å². The number of cyclic esters (lactones) is 1. The number of carbonyl (C=O) groups is 2. The highest BCUT2D eigenvalue weighted by molar-refractivity contribution is 5.82. The van der Waals surface area contributed by atoms with Crippen LogP contribution in [0.15, 0.2) is 60.8 Å². The fourth-order valence-electron chi connectivity index (χ4n) is 6.04. The molecule has 2 saturated heterocycles. The molecule has 0 aromatic rings. The maximum atomic E-state index is 12.3.